The van der Waals surface area contributed by atoms with Crippen LogP contribution in [0.15, 0.2) is 90.5 Å². The second-order valence-electron chi connectivity index (χ2n) is 8.88. The van der Waals surface area contributed by atoms with Crippen molar-refractivity contribution in [1.29, 1.82) is 0 Å². The van der Waals surface area contributed by atoms with E-state index in [0.717, 1.165) is 10.3 Å². The summed E-state index contributed by atoms with van der Waals surface area (Å²) in [6, 6.07) is 21.8. The number of imidazole rings is 1. The first kappa shape index (κ1) is 23.0. The molecule has 6 rings (SSSR count). The Morgan fingerprint density at radius 3 is 2.39 bits per heavy atom. The van der Waals surface area contributed by atoms with Gasteiger partial charge in [-0.1, -0.05) is 54.6 Å². The van der Waals surface area contributed by atoms with Crippen molar-refractivity contribution in [3.8, 4) is 5.75 Å². The quantitative estimate of drug-likeness (QED) is 0.157. The number of H-pyrrole nitrogens is 1. The van der Waals surface area contributed by atoms with Gasteiger partial charge in [-0.05, 0) is 46.7 Å². The van der Waals surface area contributed by atoms with Crippen LogP contribution in [0.5, 0.6) is 5.75 Å². The van der Waals surface area contributed by atoms with Crippen LogP contribution < -0.4 is 4.90 Å². The number of fused-ring (bicyclic) bond motifs is 2. The summed E-state index contributed by atoms with van der Waals surface area (Å²) < 4.78 is 0. The highest BCUT2D eigenvalue weighted by atomic mass is 16.4. The Labute approximate surface area is 214 Å². The number of nitrogens with one attached hydrogen (secondary N) is 1. The summed E-state index contributed by atoms with van der Waals surface area (Å²) in [6.45, 7) is 0. The maximum atomic E-state index is 13.5. The molecule has 0 radical (unpaired) electrons. The normalized spacial score (nSPS) is 16.9. The molecule has 0 saturated carbocycles. The minimum atomic E-state index is -1.12. The van der Waals surface area contributed by atoms with Gasteiger partial charge in [-0.2, -0.15) is 0 Å². The fourth-order valence-electron chi connectivity index (χ4n) is 4.84. The number of aliphatic hydroxyl groups is 1. The number of carbonyl (C=O) groups is 3. The van der Waals surface area contributed by atoms with E-state index in [9.17, 15) is 29.7 Å². The molecule has 0 bridgehead atoms. The van der Waals surface area contributed by atoms with E-state index < -0.39 is 23.7 Å². The number of hydrogen-bond acceptors (Lipinski definition) is 6. The van der Waals surface area contributed by atoms with E-state index in [-0.39, 0.29) is 28.6 Å². The highest BCUT2D eigenvalue weighted by molar-refractivity contribution is 6.51. The van der Waals surface area contributed by atoms with Crippen molar-refractivity contribution in [2.24, 2.45) is 0 Å². The average Bonchev–Trinajstić information content (AvgIpc) is 3.46. The Morgan fingerprint density at radius 2 is 1.63 bits per heavy atom. The Balaban J connectivity index is 1.58. The van der Waals surface area contributed by atoms with Crippen LogP contribution in [0.1, 0.15) is 27.5 Å². The van der Waals surface area contributed by atoms with Crippen LogP contribution in [0.4, 0.5) is 5.95 Å². The van der Waals surface area contributed by atoms with Crippen LogP contribution in [0.25, 0.3) is 27.6 Å². The molecule has 5 aromatic rings. The van der Waals surface area contributed by atoms with Gasteiger partial charge in [0.15, 0.2) is 0 Å². The monoisotopic (exact) mass is 505 g/mol. The summed E-state index contributed by atoms with van der Waals surface area (Å²) in [5, 5.41) is 32.3. The standard InChI is InChI=1S/C29H19N3O6/c33-18-11-8-16(9-12-18)24-23(25(34)20-7-3-5-15-4-1-2-6-19(15)20)26(35)27(36)32(24)29-30-21-13-10-17(28(37)38)14-22(21)31-29/h1-14,24,33-34H,(H,30,31)(H,37,38)/b25-23+. The Hall–Kier alpha value is -5.44. The third kappa shape index (κ3) is 3.56. The van der Waals surface area contributed by atoms with Crippen LogP contribution in [0, 0.1) is 0 Å². The predicted octanol–water partition coefficient (Wildman–Crippen LogP) is 4.75. The number of phenolic OH excluding ortho intramolecular Hbond substituents is 1. The van der Waals surface area contributed by atoms with E-state index in [1.165, 1.54) is 30.3 Å². The number of carboxylic acids is 1. The zero-order valence-corrected chi connectivity index (χ0v) is 19.6. The Bertz CT molecular complexity index is 1810. The van der Waals surface area contributed by atoms with Gasteiger partial charge in [0.2, 0.25) is 5.95 Å². The number of carbonyl (C=O) groups excluding carboxylic acids is 2. The van der Waals surface area contributed by atoms with Crippen molar-refractivity contribution in [1.82, 2.24) is 9.97 Å². The van der Waals surface area contributed by atoms with E-state index in [4.69, 9.17) is 0 Å². The minimum Gasteiger partial charge on any atom is -0.508 e. The van der Waals surface area contributed by atoms with Gasteiger partial charge < -0.3 is 20.3 Å². The third-order valence-corrected chi connectivity index (χ3v) is 6.64. The fourth-order valence-corrected chi connectivity index (χ4v) is 4.84. The molecule has 38 heavy (non-hydrogen) atoms. The lowest BCUT2D eigenvalue weighted by molar-refractivity contribution is -0.132. The van der Waals surface area contributed by atoms with Crippen molar-refractivity contribution in [3.63, 3.8) is 0 Å². The predicted molar refractivity (Wildman–Crippen MR) is 140 cm³/mol. The second kappa shape index (κ2) is 8.59. The zero-order valence-electron chi connectivity index (χ0n) is 19.6. The first-order valence-corrected chi connectivity index (χ1v) is 11.6. The van der Waals surface area contributed by atoms with Crippen LogP contribution >= 0.6 is 0 Å². The molecule has 1 amide bonds. The topological polar surface area (TPSA) is 144 Å². The number of aromatic nitrogens is 2. The van der Waals surface area contributed by atoms with E-state index in [2.05, 4.69) is 9.97 Å². The molecule has 1 saturated heterocycles. The first-order valence-electron chi connectivity index (χ1n) is 11.6. The molecular formula is C29H19N3O6. The Kier molecular flexibility index (Phi) is 5.20. The largest absolute Gasteiger partial charge is 0.508 e. The maximum Gasteiger partial charge on any atom is 0.335 e. The number of aliphatic hydroxyl groups excluding tert-OH is 1. The number of anilines is 1. The number of nitrogens with zero attached hydrogens (tertiary/aromatic N) is 2. The van der Waals surface area contributed by atoms with Gasteiger partial charge >= 0.3 is 11.9 Å². The number of rotatable bonds is 4. The summed E-state index contributed by atoms with van der Waals surface area (Å²) in [6.07, 6.45) is 0. The molecule has 1 atom stereocenters. The lowest BCUT2D eigenvalue weighted by Gasteiger charge is -2.23. The summed E-state index contributed by atoms with van der Waals surface area (Å²) in [7, 11) is 0. The van der Waals surface area contributed by atoms with Crippen molar-refractivity contribution < 1.29 is 29.7 Å². The molecule has 1 unspecified atom stereocenters. The number of aromatic amines is 1. The van der Waals surface area contributed by atoms with E-state index in [1.807, 2.05) is 30.3 Å². The molecule has 9 nitrogen and oxygen atoms in total. The Morgan fingerprint density at radius 1 is 0.895 bits per heavy atom. The highest BCUT2D eigenvalue weighted by Gasteiger charge is 2.48. The number of carboxylic acid groups (broad SMARTS) is 1. The number of aromatic carboxylic acids is 1. The van der Waals surface area contributed by atoms with Crippen molar-refractivity contribution in [3.05, 3.63) is 107 Å². The number of ketones is 1. The van der Waals surface area contributed by atoms with Gasteiger partial charge in [0.05, 0.1) is 28.2 Å². The second-order valence-corrected chi connectivity index (χ2v) is 8.88. The summed E-state index contributed by atoms with van der Waals surface area (Å²) in [5.41, 5.74) is 1.49. The number of amides is 1. The van der Waals surface area contributed by atoms with Crippen LogP contribution in [0.2, 0.25) is 0 Å². The van der Waals surface area contributed by atoms with Gasteiger partial charge in [0.1, 0.15) is 11.5 Å². The van der Waals surface area contributed by atoms with Gasteiger partial charge in [-0.3, -0.25) is 14.5 Å². The maximum absolute atomic E-state index is 13.5. The summed E-state index contributed by atoms with van der Waals surface area (Å²) in [5.74, 6) is -3.28. The molecule has 9 heteroatoms. The smallest absolute Gasteiger partial charge is 0.335 e. The third-order valence-electron chi connectivity index (χ3n) is 6.64. The number of Topliss-reactive ketones (excluding diaryl/α,β-unsaturated/α-hetero) is 1. The molecule has 1 fully saturated rings. The SMILES string of the molecule is O=C1C(=O)N(c2nc3ccc(C(=O)O)cc3[nH]2)C(c2ccc(O)cc2)/C1=C(\O)c1cccc2ccccc12. The highest BCUT2D eigenvalue weighted by Crippen LogP contribution is 2.42. The summed E-state index contributed by atoms with van der Waals surface area (Å²) >= 11 is 0. The van der Waals surface area contributed by atoms with Crippen LogP contribution in [-0.4, -0.2) is 42.9 Å². The molecule has 4 aromatic carbocycles. The first-order chi connectivity index (χ1) is 18.3. The molecule has 1 aliphatic heterocycles. The lowest BCUT2D eigenvalue weighted by Crippen LogP contribution is -2.30. The molecule has 4 N–H and O–H groups in total. The molecule has 1 aliphatic rings. The minimum absolute atomic E-state index is 0.00954. The molecule has 0 aliphatic carbocycles. The van der Waals surface area contributed by atoms with Gasteiger partial charge in [-0.15, -0.1) is 0 Å². The van der Waals surface area contributed by atoms with Gasteiger partial charge in [0, 0.05) is 5.56 Å². The number of phenols is 1. The van der Waals surface area contributed by atoms with Crippen LogP contribution in [-0.2, 0) is 9.59 Å². The average molecular weight is 505 g/mol. The fraction of sp³-hybridized carbons (Fsp3) is 0.0345. The van der Waals surface area contributed by atoms with Gasteiger partial charge in [-0.25, -0.2) is 9.78 Å². The summed E-state index contributed by atoms with van der Waals surface area (Å²) in [4.78, 5) is 46.9. The van der Waals surface area contributed by atoms with E-state index >= 15 is 0 Å². The molecule has 0 spiro atoms. The van der Waals surface area contributed by atoms with E-state index in [1.54, 1.807) is 24.3 Å². The van der Waals surface area contributed by atoms with Gasteiger partial charge in [0.25, 0.3) is 5.78 Å². The van der Waals surface area contributed by atoms with E-state index in [0.29, 0.717) is 27.5 Å². The lowest BCUT2D eigenvalue weighted by atomic mass is 9.93. The van der Waals surface area contributed by atoms with Crippen LogP contribution in [0.3, 0.4) is 0 Å². The number of hydrogen-bond donors (Lipinski definition) is 4. The number of aromatic hydroxyl groups is 1. The molecular weight excluding hydrogens is 486 g/mol. The van der Waals surface area contributed by atoms with Crippen molar-refractivity contribution in [2.75, 3.05) is 4.90 Å². The molecule has 1 aromatic heterocycles. The van der Waals surface area contributed by atoms with Crippen molar-refractivity contribution >= 4 is 51.2 Å². The zero-order chi connectivity index (χ0) is 26.6. The molecule has 2 heterocycles. The number of benzene rings is 4. The van der Waals surface area contributed by atoms with Crippen molar-refractivity contribution in [2.45, 2.75) is 6.04 Å². The molecule has 186 valence electrons.